The Kier molecular flexibility index (Phi) is 1.82. The first-order chi connectivity index (χ1) is 4.29. The molecule has 1 heterocycles. The summed E-state index contributed by atoms with van der Waals surface area (Å²) < 4.78 is 0. The topological polar surface area (TPSA) is 28.0 Å². The van der Waals surface area contributed by atoms with Crippen LogP contribution in [0.3, 0.4) is 0 Å². The molecule has 0 fully saturated rings. The van der Waals surface area contributed by atoms with Gasteiger partial charge in [-0.1, -0.05) is 0 Å². The molecule has 3 heteroatoms. The SMILES string of the molecule is CC1=NN(C)C=NCC1. The predicted molar refractivity (Wildman–Crippen MR) is 38.8 cm³/mol. The van der Waals surface area contributed by atoms with E-state index >= 15 is 0 Å². The molecule has 0 atom stereocenters. The molecular weight excluding hydrogens is 114 g/mol. The van der Waals surface area contributed by atoms with Crippen molar-refractivity contribution in [3.05, 3.63) is 0 Å². The molecule has 0 amide bonds. The second-order valence-electron chi connectivity index (χ2n) is 2.18. The van der Waals surface area contributed by atoms with Crippen LogP contribution in [-0.4, -0.2) is 30.7 Å². The first-order valence-corrected chi connectivity index (χ1v) is 3.06. The van der Waals surface area contributed by atoms with Crippen LogP contribution in [0.4, 0.5) is 0 Å². The van der Waals surface area contributed by atoms with E-state index in [4.69, 9.17) is 0 Å². The van der Waals surface area contributed by atoms with E-state index < -0.39 is 0 Å². The van der Waals surface area contributed by atoms with Crippen LogP contribution >= 0.6 is 0 Å². The number of rotatable bonds is 0. The van der Waals surface area contributed by atoms with Gasteiger partial charge in [-0.15, -0.1) is 0 Å². The van der Waals surface area contributed by atoms with Crippen molar-refractivity contribution in [1.29, 1.82) is 0 Å². The van der Waals surface area contributed by atoms with Crippen molar-refractivity contribution in [2.75, 3.05) is 13.6 Å². The van der Waals surface area contributed by atoms with Gasteiger partial charge in [-0.3, -0.25) is 10.0 Å². The first-order valence-electron chi connectivity index (χ1n) is 3.06. The lowest BCUT2D eigenvalue weighted by molar-refractivity contribution is 0.562. The van der Waals surface area contributed by atoms with Gasteiger partial charge in [-0.05, 0) is 6.92 Å². The van der Waals surface area contributed by atoms with Crippen LogP contribution in [0.25, 0.3) is 0 Å². The first kappa shape index (κ1) is 6.26. The summed E-state index contributed by atoms with van der Waals surface area (Å²) in [6.45, 7) is 2.89. The molecule has 0 N–H and O–H groups in total. The standard InChI is InChI=1S/C6H11N3/c1-6-3-4-7-5-9(2)8-6/h5H,3-4H2,1-2H3. The van der Waals surface area contributed by atoms with E-state index in [1.54, 1.807) is 11.3 Å². The van der Waals surface area contributed by atoms with Gasteiger partial charge >= 0.3 is 0 Å². The van der Waals surface area contributed by atoms with E-state index in [0.717, 1.165) is 18.7 Å². The zero-order valence-corrected chi connectivity index (χ0v) is 5.83. The van der Waals surface area contributed by atoms with Gasteiger partial charge in [-0.2, -0.15) is 5.10 Å². The van der Waals surface area contributed by atoms with E-state index in [2.05, 4.69) is 10.1 Å². The summed E-state index contributed by atoms with van der Waals surface area (Å²) in [4.78, 5) is 4.09. The van der Waals surface area contributed by atoms with Gasteiger partial charge in [0.15, 0.2) is 0 Å². The Morgan fingerprint density at radius 2 is 2.44 bits per heavy atom. The number of hydrogen-bond donors (Lipinski definition) is 0. The molecular formula is C6H11N3. The zero-order chi connectivity index (χ0) is 6.69. The van der Waals surface area contributed by atoms with Crippen molar-refractivity contribution in [3.8, 4) is 0 Å². The summed E-state index contributed by atoms with van der Waals surface area (Å²) in [5, 5.41) is 5.92. The van der Waals surface area contributed by atoms with E-state index in [-0.39, 0.29) is 0 Å². The van der Waals surface area contributed by atoms with Crippen molar-refractivity contribution < 1.29 is 0 Å². The number of hydrogen-bond acceptors (Lipinski definition) is 3. The third kappa shape index (κ3) is 1.83. The lowest BCUT2D eigenvalue weighted by atomic mass is 10.3. The average Bonchev–Trinajstić information content (AvgIpc) is 1.93. The molecule has 9 heavy (non-hydrogen) atoms. The Balaban J connectivity index is 2.62. The lowest BCUT2D eigenvalue weighted by Gasteiger charge is -2.02. The minimum absolute atomic E-state index is 0.875. The zero-order valence-electron chi connectivity index (χ0n) is 5.83. The highest BCUT2D eigenvalue weighted by Gasteiger charge is 1.96. The molecule has 0 saturated heterocycles. The third-order valence-electron chi connectivity index (χ3n) is 1.18. The Labute approximate surface area is 55.1 Å². The number of nitrogens with zero attached hydrogens (tertiary/aromatic N) is 3. The second kappa shape index (κ2) is 2.62. The molecule has 3 nitrogen and oxygen atoms in total. The fourth-order valence-corrected chi connectivity index (χ4v) is 0.747. The number of hydrazone groups is 1. The Bertz CT molecular complexity index is 148. The van der Waals surface area contributed by atoms with Gasteiger partial charge < -0.3 is 0 Å². The Morgan fingerprint density at radius 3 is 3.22 bits per heavy atom. The summed E-state index contributed by atoms with van der Waals surface area (Å²) in [5.41, 5.74) is 1.15. The van der Waals surface area contributed by atoms with Gasteiger partial charge in [0.2, 0.25) is 0 Å². The Morgan fingerprint density at radius 1 is 1.67 bits per heavy atom. The lowest BCUT2D eigenvalue weighted by Crippen LogP contribution is -2.07. The maximum atomic E-state index is 4.18. The van der Waals surface area contributed by atoms with Crippen LogP contribution in [0, 0.1) is 0 Å². The van der Waals surface area contributed by atoms with Crippen molar-refractivity contribution in [1.82, 2.24) is 5.01 Å². The van der Waals surface area contributed by atoms with E-state index in [1.807, 2.05) is 14.0 Å². The van der Waals surface area contributed by atoms with Crippen LogP contribution in [0.1, 0.15) is 13.3 Å². The molecule has 0 aromatic heterocycles. The van der Waals surface area contributed by atoms with Crippen LogP contribution in [0.2, 0.25) is 0 Å². The van der Waals surface area contributed by atoms with Crippen LogP contribution in [0.5, 0.6) is 0 Å². The van der Waals surface area contributed by atoms with Gasteiger partial charge in [-0.25, -0.2) is 0 Å². The molecule has 0 unspecified atom stereocenters. The maximum Gasteiger partial charge on any atom is 0.106 e. The molecule has 0 aliphatic carbocycles. The highest BCUT2D eigenvalue weighted by molar-refractivity contribution is 5.83. The van der Waals surface area contributed by atoms with Gasteiger partial charge in [0.25, 0.3) is 0 Å². The van der Waals surface area contributed by atoms with Gasteiger partial charge in [0.05, 0.1) is 0 Å². The molecule has 0 radical (unpaired) electrons. The van der Waals surface area contributed by atoms with Crippen LogP contribution < -0.4 is 0 Å². The highest BCUT2D eigenvalue weighted by atomic mass is 15.4. The maximum absolute atomic E-state index is 4.18. The smallest absolute Gasteiger partial charge is 0.106 e. The minimum Gasteiger partial charge on any atom is -0.274 e. The summed E-state index contributed by atoms with van der Waals surface area (Å²) >= 11 is 0. The predicted octanol–water partition coefficient (Wildman–Crippen LogP) is 0.726. The highest BCUT2D eigenvalue weighted by Crippen LogP contribution is 1.93. The fourth-order valence-electron chi connectivity index (χ4n) is 0.747. The fraction of sp³-hybridized carbons (Fsp3) is 0.667. The molecule has 0 aromatic carbocycles. The summed E-state index contributed by atoms with van der Waals surface area (Å²) in [6.07, 6.45) is 2.73. The monoisotopic (exact) mass is 125 g/mol. The van der Waals surface area contributed by atoms with Crippen molar-refractivity contribution >= 4 is 12.1 Å². The molecule has 1 rings (SSSR count). The normalized spacial score (nSPS) is 19.3. The summed E-state index contributed by atoms with van der Waals surface area (Å²) in [6, 6.07) is 0. The average molecular weight is 125 g/mol. The molecule has 0 bridgehead atoms. The summed E-state index contributed by atoms with van der Waals surface area (Å²) in [5.74, 6) is 0. The van der Waals surface area contributed by atoms with Crippen LogP contribution in [-0.2, 0) is 0 Å². The third-order valence-corrected chi connectivity index (χ3v) is 1.18. The summed E-state index contributed by atoms with van der Waals surface area (Å²) in [7, 11) is 1.89. The second-order valence-corrected chi connectivity index (χ2v) is 2.18. The number of aliphatic imine (C=N–C) groups is 1. The van der Waals surface area contributed by atoms with Gasteiger partial charge in [0, 0.05) is 25.7 Å². The van der Waals surface area contributed by atoms with Crippen LogP contribution in [0.15, 0.2) is 10.1 Å². The van der Waals surface area contributed by atoms with Crippen molar-refractivity contribution in [2.45, 2.75) is 13.3 Å². The quantitative estimate of drug-likeness (QED) is 0.469. The van der Waals surface area contributed by atoms with Crippen molar-refractivity contribution in [3.63, 3.8) is 0 Å². The van der Waals surface area contributed by atoms with E-state index in [9.17, 15) is 0 Å². The minimum atomic E-state index is 0.875. The molecule has 0 aromatic rings. The molecule has 1 aliphatic heterocycles. The van der Waals surface area contributed by atoms with E-state index in [0.29, 0.717) is 0 Å². The molecule has 1 aliphatic rings. The molecule has 0 spiro atoms. The Hall–Kier alpha value is -0.860. The van der Waals surface area contributed by atoms with Crippen molar-refractivity contribution in [2.24, 2.45) is 10.1 Å². The molecule has 50 valence electrons. The molecule has 0 saturated carbocycles. The largest absolute Gasteiger partial charge is 0.274 e. The van der Waals surface area contributed by atoms with E-state index in [1.165, 1.54) is 0 Å². The van der Waals surface area contributed by atoms with Gasteiger partial charge in [0.1, 0.15) is 6.34 Å².